The van der Waals surface area contributed by atoms with Crippen LogP contribution in [0.2, 0.25) is 0 Å². The predicted octanol–water partition coefficient (Wildman–Crippen LogP) is 3.96. The molecular weight excluding hydrogens is 364 g/mol. The highest BCUT2D eigenvalue weighted by Crippen LogP contribution is 2.31. The van der Waals surface area contributed by atoms with Crippen molar-refractivity contribution in [2.75, 3.05) is 43.1 Å². The SMILES string of the molecule is COC(=O)c1ccc(N2CCN(c3ccc(C(F)(F)F)cc3)CC2)cc1F. The summed E-state index contributed by atoms with van der Waals surface area (Å²) in [6, 6.07) is 9.40. The van der Waals surface area contributed by atoms with Gasteiger partial charge in [0.05, 0.1) is 18.2 Å². The molecule has 0 radical (unpaired) electrons. The largest absolute Gasteiger partial charge is 0.465 e. The van der Waals surface area contributed by atoms with Crippen molar-refractivity contribution in [1.29, 1.82) is 0 Å². The molecule has 2 aromatic rings. The van der Waals surface area contributed by atoms with Crippen LogP contribution in [0, 0.1) is 5.82 Å². The minimum absolute atomic E-state index is 0.121. The van der Waals surface area contributed by atoms with Gasteiger partial charge in [-0.3, -0.25) is 0 Å². The van der Waals surface area contributed by atoms with Crippen LogP contribution in [-0.4, -0.2) is 39.3 Å². The third-order valence-electron chi connectivity index (χ3n) is 4.56. The summed E-state index contributed by atoms with van der Waals surface area (Å²) in [7, 11) is 1.19. The van der Waals surface area contributed by atoms with E-state index in [1.807, 2.05) is 9.80 Å². The first-order valence-electron chi connectivity index (χ1n) is 8.34. The van der Waals surface area contributed by atoms with E-state index in [0.29, 0.717) is 31.9 Å². The first-order valence-corrected chi connectivity index (χ1v) is 8.34. The fraction of sp³-hybridized carbons (Fsp3) is 0.316. The van der Waals surface area contributed by atoms with Gasteiger partial charge in [-0.2, -0.15) is 13.2 Å². The Hall–Kier alpha value is -2.77. The Bertz CT molecular complexity index is 813. The van der Waals surface area contributed by atoms with Gasteiger partial charge in [-0.25, -0.2) is 9.18 Å². The van der Waals surface area contributed by atoms with Crippen molar-refractivity contribution in [3.05, 3.63) is 59.4 Å². The van der Waals surface area contributed by atoms with E-state index in [9.17, 15) is 22.4 Å². The average Bonchev–Trinajstić information content (AvgIpc) is 2.67. The van der Waals surface area contributed by atoms with E-state index in [1.165, 1.54) is 31.4 Å². The van der Waals surface area contributed by atoms with Crippen LogP contribution in [0.15, 0.2) is 42.5 Å². The monoisotopic (exact) mass is 382 g/mol. The zero-order valence-electron chi connectivity index (χ0n) is 14.6. The van der Waals surface area contributed by atoms with Crippen molar-refractivity contribution < 1.29 is 27.1 Å². The van der Waals surface area contributed by atoms with Crippen LogP contribution >= 0.6 is 0 Å². The fourth-order valence-electron chi connectivity index (χ4n) is 3.06. The van der Waals surface area contributed by atoms with Crippen LogP contribution < -0.4 is 9.80 Å². The topological polar surface area (TPSA) is 32.8 Å². The number of carbonyl (C=O) groups excluding carboxylic acids is 1. The molecule has 0 saturated carbocycles. The van der Waals surface area contributed by atoms with Crippen LogP contribution in [0.1, 0.15) is 15.9 Å². The lowest BCUT2D eigenvalue weighted by molar-refractivity contribution is -0.137. The molecule has 144 valence electrons. The third-order valence-corrected chi connectivity index (χ3v) is 4.56. The number of carbonyl (C=O) groups is 1. The highest BCUT2D eigenvalue weighted by Gasteiger charge is 2.30. The second-order valence-electron chi connectivity index (χ2n) is 6.17. The van der Waals surface area contributed by atoms with Crippen molar-refractivity contribution in [2.45, 2.75) is 6.18 Å². The van der Waals surface area contributed by atoms with Gasteiger partial charge < -0.3 is 14.5 Å². The normalized spacial score (nSPS) is 15.0. The summed E-state index contributed by atoms with van der Waals surface area (Å²) < 4.78 is 56.6. The molecule has 1 saturated heterocycles. The molecule has 0 unspecified atom stereocenters. The number of alkyl halides is 3. The highest BCUT2D eigenvalue weighted by molar-refractivity contribution is 5.90. The Morgan fingerprint density at radius 2 is 1.44 bits per heavy atom. The molecule has 0 bridgehead atoms. The number of hydrogen-bond acceptors (Lipinski definition) is 4. The maximum absolute atomic E-state index is 14.1. The number of ether oxygens (including phenoxy) is 1. The lowest BCUT2D eigenvalue weighted by Crippen LogP contribution is -2.46. The number of halogens is 4. The lowest BCUT2D eigenvalue weighted by Gasteiger charge is -2.37. The lowest BCUT2D eigenvalue weighted by atomic mass is 10.1. The van der Waals surface area contributed by atoms with E-state index in [0.717, 1.165) is 17.8 Å². The van der Waals surface area contributed by atoms with Gasteiger partial charge in [0.2, 0.25) is 0 Å². The van der Waals surface area contributed by atoms with Crippen molar-refractivity contribution >= 4 is 17.3 Å². The minimum Gasteiger partial charge on any atom is -0.465 e. The van der Waals surface area contributed by atoms with Gasteiger partial charge >= 0.3 is 12.1 Å². The number of benzene rings is 2. The summed E-state index contributed by atoms with van der Waals surface area (Å²) >= 11 is 0. The summed E-state index contributed by atoms with van der Waals surface area (Å²) in [5, 5.41) is 0. The Labute approximate surface area is 153 Å². The molecule has 1 fully saturated rings. The van der Waals surface area contributed by atoms with Gasteiger partial charge in [0, 0.05) is 37.6 Å². The van der Waals surface area contributed by atoms with Crippen LogP contribution in [-0.2, 0) is 10.9 Å². The number of piperazine rings is 1. The summed E-state index contributed by atoms with van der Waals surface area (Å²) in [6.07, 6.45) is -4.35. The quantitative estimate of drug-likeness (QED) is 0.594. The molecule has 3 rings (SSSR count). The molecule has 0 amide bonds. The average molecular weight is 382 g/mol. The van der Waals surface area contributed by atoms with Gasteiger partial charge in [-0.1, -0.05) is 0 Å². The molecule has 0 aliphatic carbocycles. The predicted molar refractivity (Wildman–Crippen MR) is 93.6 cm³/mol. The van der Waals surface area contributed by atoms with Gasteiger partial charge in [-0.05, 0) is 42.5 Å². The van der Waals surface area contributed by atoms with E-state index < -0.39 is 23.5 Å². The van der Waals surface area contributed by atoms with E-state index in [-0.39, 0.29) is 5.56 Å². The van der Waals surface area contributed by atoms with Crippen LogP contribution in [0.3, 0.4) is 0 Å². The smallest absolute Gasteiger partial charge is 0.416 e. The molecule has 2 aromatic carbocycles. The van der Waals surface area contributed by atoms with E-state index in [4.69, 9.17) is 0 Å². The van der Waals surface area contributed by atoms with Crippen molar-refractivity contribution in [2.24, 2.45) is 0 Å². The summed E-state index contributed by atoms with van der Waals surface area (Å²) in [5.74, 6) is -1.38. The molecule has 0 spiro atoms. The maximum atomic E-state index is 14.1. The first-order chi connectivity index (χ1) is 12.8. The summed E-state index contributed by atoms with van der Waals surface area (Å²) in [5.41, 5.74) is 0.567. The molecule has 1 aliphatic rings. The highest BCUT2D eigenvalue weighted by atomic mass is 19.4. The minimum atomic E-state index is -4.35. The number of nitrogens with zero attached hydrogens (tertiary/aromatic N) is 2. The molecule has 0 aromatic heterocycles. The number of anilines is 2. The second kappa shape index (κ2) is 7.46. The molecule has 27 heavy (non-hydrogen) atoms. The molecular formula is C19H18F4N2O2. The second-order valence-corrected chi connectivity index (χ2v) is 6.17. The van der Waals surface area contributed by atoms with E-state index >= 15 is 0 Å². The van der Waals surface area contributed by atoms with Gasteiger partial charge in [-0.15, -0.1) is 0 Å². The van der Waals surface area contributed by atoms with E-state index in [2.05, 4.69) is 4.74 Å². The molecule has 0 N–H and O–H groups in total. The third kappa shape index (κ3) is 4.15. The number of rotatable bonds is 3. The zero-order valence-corrected chi connectivity index (χ0v) is 14.6. The molecule has 0 atom stereocenters. The number of esters is 1. The van der Waals surface area contributed by atoms with Crippen molar-refractivity contribution in [3.63, 3.8) is 0 Å². The number of methoxy groups -OCH3 is 1. The van der Waals surface area contributed by atoms with Crippen LogP contribution in [0.4, 0.5) is 28.9 Å². The molecule has 4 nitrogen and oxygen atoms in total. The van der Waals surface area contributed by atoms with Crippen molar-refractivity contribution in [3.8, 4) is 0 Å². The zero-order chi connectivity index (χ0) is 19.6. The maximum Gasteiger partial charge on any atom is 0.416 e. The molecule has 1 heterocycles. The standard InChI is InChI=1S/C19H18F4N2O2/c1-27-18(26)16-7-6-15(12-17(16)20)25-10-8-24(9-11-25)14-4-2-13(3-5-14)19(21,22)23/h2-7,12H,8-11H2,1H3. The van der Waals surface area contributed by atoms with Crippen molar-refractivity contribution in [1.82, 2.24) is 0 Å². The first kappa shape index (κ1) is 19.0. The fourth-order valence-corrected chi connectivity index (χ4v) is 3.06. The Balaban J connectivity index is 1.65. The molecule has 1 aliphatic heterocycles. The Morgan fingerprint density at radius 1 is 0.926 bits per heavy atom. The van der Waals surface area contributed by atoms with E-state index in [1.54, 1.807) is 6.07 Å². The Morgan fingerprint density at radius 3 is 1.93 bits per heavy atom. The number of hydrogen-bond donors (Lipinski definition) is 0. The van der Waals surface area contributed by atoms with Crippen LogP contribution in [0.25, 0.3) is 0 Å². The molecule has 8 heteroatoms. The van der Waals surface area contributed by atoms with Gasteiger partial charge in [0.15, 0.2) is 0 Å². The van der Waals surface area contributed by atoms with Crippen LogP contribution in [0.5, 0.6) is 0 Å². The van der Waals surface area contributed by atoms with Gasteiger partial charge in [0.1, 0.15) is 5.82 Å². The van der Waals surface area contributed by atoms with Gasteiger partial charge in [0.25, 0.3) is 0 Å². The summed E-state index contributed by atoms with van der Waals surface area (Å²) in [6.45, 7) is 2.34. The summed E-state index contributed by atoms with van der Waals surface area (Å²) in [4.78, 5) is 15.4. The Kier molecular flexibility index (Phi) is 5.25.